The van der Waals surface area contributed by atoms with E-state index in [1.807, 2.05) is 0 Å². The summed E-state index contributed by atoms with van der Waals surface area (Å²) in [5.74, 6) is 0.0846. The van der Waals surface area contributed by atoms with Crippen molar-refractivity contribution in [3.63, 3.8) is 0 Å². The number of rotatable bonds is 5. The van der Waals surface area contributed by atoms with Gasteiger partial charge in [-0.2, -0.15) is 5.10 Å². The molecule has 0 radical (unpaired) electrons. The summed E-state index contributed by atoms with van der Waals surface area (Å²) in [5, 5.41) is 17.1. The highest BCUT2D eigenvalue weighted by atomic mass is 32.2. The van der Waals surface area contributed by atoms with Crippen molar-refractivity contribution in [2.45, 2.75) is 11.8 Å². The molecule has 9 nitrogen and oxygen atoms in total. The summed E-state index contributed by atoms with van der Waals surface area (Å²) in [6.07, 6.45) is 0. The first-order valence-electron chi connectivity index (χ1n) is 5.71. The molecule has 0 bridgehead atoms. The van der Waals surface area contributed by atoms with E-state index >= 15 is 0 Å². The molecule has 0 saturated carbocycles. The molecule has 0 atom stereocenters. The first kappa shape index (κ1) is 14.8. The van der Waals surface area contributed by atoms with Crippen molar-refractivity contribution < 1.29 is 18.1 Å². The van der Waals surface area contributed by atoms with Crippen molar-refractivity contribution in [1.29, 1.82) is 0 Å². The lowest BCUT2D eigenvalue weighted by molar-refractivity contribution is -0.385. The maximum absolute atomic E-state index is 12.3. The summed E-state index contributed by atoms with van der Waals surface area (Å²) < 4.78 is 31.8. The normalized spacial score (nSPS) is 11.1. The van der Waals surface area contributed by atoms with Crippen LogP contribution in [0, 0.1) is 17.0 Å². The third-order valence-corrected chi connectivity index (χ3v) is 3.97. The second-order valence-electron chi connectivity index (χ2n) is 4.13. The fourth-order valence-corrected chi connectivity index (χ4v) is 2.83. The van der Waals surface area contributed by atoms with Crippen molar-refractivity contribution in [1.82, 2.24) is 10.2 Å². The fraction of sp³-hybridized carbons (Fsp3) is 0.182. The molecule has 2 N–H and O–H groups in total. The zero-order valence-electron chi connectivity index (χ0n) is 11.2. The van der Waals surface area contributed by atoms with E-state index in [4.69, 9.17) is 4.74 Å². The summed E-state index contributed by atoms with van der Waals surface area (Å²) in [4.78, 5) is 9.76. The van der Waals surface area contributed by atoms with Crippen LogP contribution in [0.15, 0.2) is 29.2 Å². The van der Waals surface area contributed by atoms with Gasteiger partial charge in [0.1, 0.15) is 10.6 Å². The first-order valence-corrected chi connectivity index (χ1v) is 7.19. The number of aryl methyl sites for hydroxylation is 1. The number of methoxy groups -OCH3 is 1. The van der Waals surface area contributed by atoms with E-state index in [0.717, 1.165) is 12.1 Å². The van der Waals surface area contributed by atoms with Crippen LogP contribution in [0.3, 0.4) is 0 Å². The van der Waals surface area contributed by atoms with Crippen LogP contribution >= 0.6 is 0 Å². The highest BCUT2D eigenvalue weighted by Gasteiger charge is 2.24. The van der Waals surface area contributed by atoms with Crippen LogP contribution in [0.5, 0.6) is 5.75 Å². The number of benzene rings is 1. The van der Waals surface area contributed by atoms with Gasteiger partial charge in [-0.25, -0.2) is 8.42 Å². The molecule has 0 saturated heterocycles. The van der Waals surface area contributed by atoms with E-state index in [0.29, 0.717) is 5.69 Å². The summed E-state index contributed by atoms with van der Waals surface area (Å²) in [6, 6.07) is 4.81. The Kier molecular flexibility index (Phi) is 3.80. The Morgan fingerprint density at radius 3 is 2.62 bits per heavy atom. The highest BCUT2D eigenvalue weighted by Crippen LogP contribution is 2.29. The number of aromatic amines is 1. The molecular formula is C11H12N4O5S. The van der Waals surface area contributed by atoms with E-state index in [1.54, 1.807) is 6.92 Å². The predicted octanol–water partition coefficient (Wildman–Crippen LogP) is 1.44. The van der Waals surface area contributed by atoms with Gasteiger partial charge >= 0.3 is 0 Å². The molecule has 10 heteroatoms. The second kappa shape index (κ2) is 5.40. The van der Waals surface area contributed by atoms with Gasteiger partial charge in [0.2, 0.25) is 0 Å². The lowest BCUT2D eigenvalue weighted by atomic mass is 10.3. The minimum Gasteiger partial charge on any atom is -0.495 e. The Balaban J connectivity index is 2.47. The van der Waals surface area contributed by atoms with Crippen LogP contribution in [0.2, 0.25) is 0 Å². The predicted molar refractivity (Wildman–Crippen MR) is 73.8 cm³/mol. The highest BCUT2D eigenvalue weighted by molar-refractivity contribution is 7.92. The first-order chi connectivity index (χ1) is 9.83. The Hall–Kier alpha value is -2.62. The van der Waals surface area contributed by atoms with E-state index in [9.17, 15) is 18.5 Å². The van der Waals surface area contributed by atoms with Gasteiger partial charge < -0.3 is 4.74 Å². The summed E-state index contributed by atoms with van der Waals surface area (Å²) in [5.41, 5.74) is 0.313. The van der Waals surface area contributed by atoms with Gasteiger partial charge in [0, 0.05) is 23.9 Å². The maximum Gasteiger partial charge on any atom is 0.271 e. The van der Waals surface area contributed by atoms with Crippen LogP contribution in [-0.4, -0.2) is 30.6 Å². The van der Waals surface area contributed by atoms with Gasteiger partial charge in [0.15, 0.2) is 5.82 Å². The van der Waals surface area contributed by atoms with Crippen LogP contribution in [0.25, 0.3) is 0 Å². The molecule has 1 aromatic carbocycles. The number of hydrogen-bond donors (Lipinski definition) is 2. The number of ether oxygens (including phenoxy) is 1. The molecule has 2 aromatic rings. The largest absolute Gasteiger partial charge is 0.495 e. The number of H-pyrrole nitrogens is 1. The van der Waals surface area contributed by atoms with E-state index in [-0.39, 0.29) is 22.2 Å². The topological polar surface area (TPSA) is 127 Å². The lowest BCUT2D eigenvalue weighted by Gasteiger charge is -2.09. The fourth-order valence-electron chi connectivity index (χ4n) is 1.65. The number of non-ortho nitro benzene ring substituents is 1. The molecule has 0 fully saturated rings. The molecule has 0 amide bonds. The molecule has 0 aliphatic carbocycles. The molecule has 21 heavy (non-hydrogen) atoms. The van der Waals surface area contributed by atoms with Crippen molar-refractivity contribution >= 4 is 21.5 Å². The minimum absolute atomic E-state index is 0.000331. The monoisotopic (exact) mass is 312 g/mol. The average Bonchev–Trinajstić information content (AvgIpc) is 2.82. The number of aromatic nitrogens is 2. The lowest BCUT2D eigenvalue weighted by Crippen LogP contribution is -2.14. The Bertz CT molecular complexity index is 784. The molecule has 0 spiro atoms. The van der Waals surface area contributed by atoms with Crippen LogP contribution in [-0.2, 0) is 10.0 Å². The van der Waals surface area contributed by atoms with Crippen molar-refractivity contribution in [3.05, 3.63) is 40.1 Å². The zero-order valence-corrected chi connectivity index (χ0v) is 12.0. The average molecular weight is 312 g/mol. The smallest absolute Gasteiger partial charge is 0.271 e. The SMILES string of the molecule is COc1ccc([N+](=O)[O-])cc1S(=O)(=O)Nc1cc(C)[nH]n1. The van der Waals surface area contributed by atoms with Gasteiger partial charge in [0.25, 0.3) is 15.7 Å². The molecule has 0 unspecified atom stereocenters. The Morgan fingerprint density at radius 2 is 2.10 bits per heavy atom. The van der Waals surface area contributed by atoms with Crippen LogP contribution < -0.4 is 9.46 Å². The third-order valence-electron chi connectivity index (χ3n) is 2.59. The number of nitrogens with zero attached hydrogens (tertiary/aromatic N) is 2. The molecule has 0 aliphatic heterocycles. The molecule has 112 valence electrons. The molecule has 1 heterocycles. The van der Waals surface area contributed by atoms with E-state index < -0.39 is 14.9 Å². The maximum atomic E-state index is 12.3. The summed E-state index contributed by atoms with van der Waals surface area (Å²) in [6.45, 7) is 1.71. The van der Waals surface area contributed by atoms with Crippen molar-refractivity contribution in [2.24, 2.45) is 0 Å². The van der Waals surface area contributed by atoms with Gasteiger partial charge in [-0.05, 0) is 13.0 Å². The van der Waals surface area contributed by atoms with Gasteiger partial charge in [-0.3, -0.25) is 19.9 Å². The quantitative estimate of drug-likeness (QED) is 0.635. The Morgan fingerprint density at radius 1 is 1.38 bits per heavy atom. The molecule has 0 aliphatic rings. The molecule has 2 rings (SSSR count). The third kappa shape index (κ3) is 3.11. The Labute approximate surface area is 120 Å². The van der Waals surface area contributed by atoms with Crippen molar-refractivity contribution in [3.8, 4) is 5.75 Å². The van der Waals surface area contributed by atoms with Crippen molar-refractivity contribution in [2.75, 3.05) is 11.8 Å². The number of nitro benzene ring substituents is 1. The van der Waals surface area contributed by atoms with E-state index in [2.05, 4.69) is 14.9 Å². The number of sulfonamides is 1. The van der Waals surface area contributed by atoms with E-state index in [1.165, 1.54) is 19.2 Å². The number of anilines is 1. The number of nitrogens with one attached hydrogen (secondary N) is 2. The van der Waals surface area contributed by atoms with Gasteiger partial charge in [-0.15, -0.1) is 0 Å². The standard InChI is InChI=1S/C11H12N4O5S/c1-7-5-11(13-12-7)14-21(18,19)10-6-8(15(16)17)3-4-9(10)20-2/h3-6H,1-2H3,(H2,12,13,14). The molecular weight excluding hydrogens is 300 g/mol. The summed E-state index contributed by atoms with van der Waals surface area (Å²) >= 11 is 0. The van der Waals surface area contributed by atoms with Gasteiger partial charge in [-0.1, -0.05) is 0 Å². The summed E-state index contributed by atoms with van der Waals surface area (Å²) in [7, 11) is -2.78. The molecule has 1 aromatic heterocycles. The van der Waals surface area contributed by atoms with Gasteiger partial charge in [0.05, 0.1) is 12.0 Å². The minimum atomic E-state index is -4.06. The zero-order chi connectivity index (χ0) is 15.6. The number of nitro groups is 1. The number of hydrogen-bond acceptors (Lipinski definition) is 6. The van der Waals surface area contributed by atoms with Crippen LogP contribution in [0.1, 0.15) is 5.69 Å². The second-order valence-corrected chi connectivity index (χ2v) is 5.78. The van der Waals surface area contributed by atoms with Crippen LogP contribution in [0.4, 0.5) is 11.5 Å².